The Morgan fingerprint density at radius 2 is 1.79 bits per heavy atom. The van der Waals surface area contributed by atoms with E-state index in [0.29, 0.717) is 6.54 Å². The minimum Gasteiger partial charge on any atom is -0.497 e. The fourth-order valence-corrected chi connectivity index (χ4v) is 4.40. The van der Waals surface area contributed by atoms with Crippen molar-refractivity contribution in [3.8, 4) is 5.75 Å². The van der Waals surface area contributed by atoms with Crippen LogP contribution in [0.4, 0.5) is 4.79 Å². The van der Waals surface area contributed by atoms with Crippen molar-refractivity contribution in [1.82, 2.24) is 15.5 Å². The number of methoxy groups -OCH3 is 1. The first-order valence-electron chi connectivity index (χ1n) is 10.0. The molecule has 3 amide bonds. The minimum absolute atomic E-state index is 0.113. The molecule has 0 bridgehead atoms. The molecule has 0 radical (unpaired) electrons. The number of carbonyl (C=O) groups excluding carboxylic acids is 2. The van der Waals surface area contributed by atoms with Crippen molar-refractivity contribution < 1.29 is 14.3 Å². The molecule has 1 aliphatic carbocycles. The first kappa shape index (κ1) is 19.3. The van der Waals surface area contributed by atoms with Crippen LogP contribution in [-0.4, -0.2) is 43.1 Å². The Hall–Kier alpha value is -3.02. The summed E-state index contributed by atoms with van der Waals surface area (Å²) in [6.07, 6.45) is 1.86. The minimum atomic E-state index is -0.146. The van der Waals surface area contributed by atoms with Gasteiger partial charge in [-0.1, -0.05) is 30.3 Å². The zero-order chi connectivity index (χ0) is 20.4. The molecule has 6 nitrogen and oxygen atoms in total. The van der Waals surface area contributed by atoms with Gasteiger partial charge in [0.05, 0.1) is 7.11 Å². The Morgan fingerprint density at radius 1 is 1.10 bits per heavy atom. The highest BCUT2D eigenvalue weighted by atomic mass is 16.5. The summed E-state index contributed by atoms with van der Waals surface area (Å²) in [6.45, 7) is 4.01. The van der Waals surface area contributed by atoms with Crippen LogP contribution in [0, 0.1) is 12.3 Å². The number of hydrogen-bond donors (Lipinski definition) is 2. The molecule has 29 heavy (non-hydrogen) atoms. The summed E-state index contributed by atoms with van der Waals surface area (Å²) in [4.78, 5) is 26.7. The maximum atomic E-state index is 12.6. The number of benzene rings is 2. The van der Waals surface area contributed by atoms with Gasteiger partial charge in [-0.05, 0) is 49.1 Å². The predicted molar refractivity (Wildman–Crippen MR) is 111 cm³/mol. The molecule has 152 valence electrons. The molecule has 0 aromatic heterocycles. The molecule has 2 aromatic carbocycles. The monoisotopic (exact) mass is 393 g/mol. The highest BCUT2D eigenvalue weighted by molar-refractivity contribution is 5.96. The molecular formula is C23H27N3O3. The zero-order valence-corrected chi connectivity index (χ0v) is 16.9. The van der Waals surface area contributed by atoms with E-state index in [-0.39, 0.29) is 23.4 Å². The van der Waals surface area contributed by atoms with E-state index in [4.69, 9.17) is 4.74 Å². The average molecular weight is 393 g/mol. The van der Waals surface area contributed by atoms with Crippen molar-refractivity contribution in [3.05, 3.63) is 65.2 Å². The summed E-state index contributed by atoms with van der Waals surface area (Å²) in [5.41, 5.74) is 3.01. The number of carbonyl (C=O) groups is 2. The number of rotatable bonds is 5. The summed E-state index contributed by atoms with van der Waals surface area (Å²) in [7, 11) is 1.63. The van der Waals surface area contributed by atoms with Crippen LogP contribution in [0.15, 0.2) is 48.5 Å². The summed E-state index contributed by atoms with van der Waals surface area (Å²) < 4.78 is 5.13. The highest BCUT2D eigenvalue weighted by Crippen LogP contribution is 2.48. The predicted octanol–water partition coefficient (Wildman–Crippen LogP) is 3.11. The van der Waals surface area contributed by atoms with E-state index in [1.54, 1.807) is 7.11 Å². The summed E-state index contributed by atoms with van der Waals surface area (Å²) in [5, 5.41) is 5.94. The van der Waals surface area contributed by atoms with Crippen molar-refractivity contribution >= 4 is 11.9 Å². The van der Waals surface area contributed by atoms with Crippen molar-refractivity contribution in [2.45, 2.75) is 32.4 Å². The maximum Gasteiger partial charge on any atom is 0.315 e. The Balaban J connectivity index is 1.18. The Bertz CT molecular complexity index is 896. The van der Waals surface area contributed by atoms with Gasteiger partial charge in [-0.3, -0.25) is 4.79 Å². The Labute approximate surface area is 171 Å². The lowest BCUT2D eigenvalue weighted by Crippen LogP contribution is -2.68. The van der Waals surface area contributed by atoms with Gasteiger partial charge in [0.15, 0.2) is 0 Å². The molecule has 2 aromatic rings. The lowest BCUT2D eigenvalue weighted by molar-refractivity contribution is -0.0585. The van der Waals surface area contributed by atoms with Gasteiger partial charge in [0, 0.05) is 36.7 Å². The first-order chi connectivity index (χ1) is 14.0. The SMILES string of the molecule is COc1ccc(CNC(=O)NC2CC3(C2)CN(C(=O)c2ccccc2C)C3)cc1. The second-order valence-electron chi connectivity index (χ2n) is 8.26. The van der Waals surface area contributed by atoms with E-state index in [1.165, 1.54) is 0 Å². The lowest BCUT2D eigenvalue weighted by Gasteiger charge is -2.59. The lowest BCUT2D eigenvalue weighted by atomic mass is 9.60. The van der Waals surface area contributed by atoms with Crippen molar-refractivity contribution in [3.63, 3.8) is 0 Å². The molecule has 1 saturated carbocycles. The molecule has 2 fully saturated rings. The number of ether oxygens (including phenoxy) is 1. The van der Waals surface area contributed by atoms with Gasteiger partial charge >= 0.3 is 6.03 Å². The van der Waals surface area contributed by atoms with Gasteiger partial charge in [0.25, 0.3) is 5.91 Å². The van der Waals surface area contributed by atoms with Crippen molar-refractivity contribution in [1.29, 1.82) is 0 Å². The van der Waals surface area contributed by atoms with Crippen LogP contribution in [0.3, 0.4) is 0 Å². The number of aryl methyl sites for hydroxylation is 1. The van der Waals surface area contributed by atoms with E-state index in [9.17, 15) is 9.59 Å². The number of urea groups is 1. The third-order valence-corrected chi connectivity index (χ3v) is 6.02. The van der Waals surface area contributed by atoms with Gasteiger partial charge in [0.2, 0.25) is 0 Å². The smallest absolute Gasteiger partial charge is 0.315 e. The Morgan fingerprint density at radius 3 is 2.45 bits per heavy atom. The van der Waals surface area contributed by atoms with E-state index in [1.807, 2.05) is 60.4 Å². The van der Waals surface area contributed by atoms with Crippen molar-refractivity contribution in [2.24, 2.45) is 5.41 Å². The van der Waals surface area contributed by atoms with E-state index in [2.05, 4.69) is 10.6 Å². The summed E-state index contributed by atoms with van der Waals surface area (Å²) in [5.74, 6) is 0.913. The van der Waals surface area contributed by atoms with Crippen LogP contribution in [0.25, 0.3) is 0 Å². The van der Waals surface area contributed by atoms with Gasteiger partial charge in [-0.2, -0.15) is 0 Å². The molecular weight excluding hydrogens is 366 g/mol. The first-order valence-corrected chi connectivity index (χ1v) is 10.0. The van der Waals surface area contributed by atoms with Gasteiger partial charge in [-0.25, -0.2) is 4.79 Å². The number of nitrogens with one attached hydrogen (secondary N) is 2. The summed E-state index contributed by atoms with van der Waals surface area (Å²) in [6, 6.07) is 15.4. The molecule has 1 heterocycles. The van der Waals surface area contributed by atoms with Crippen LogP contribution in [0.1, 0.15) is 34.3 Å². The number of likely N-dealkylation sites (tertiary alicyclic amines) is 1. The molecule has 1 spiro atoms. The Kier molecular flexibility index (Phi) is 5.18. The average Bonchev–Trinajstić information content (AvgIpc) is 2.67. The standard InChI is InChI=1S/C23H27N3O3/c1-16-5-3-4-6-20(16)21(27)26-14-23(15-26)11-18(12-23)25-22(28)24-13-17-7-9-19(29-2)10-8-17/h3-10,18H,11-15H2,1-2H3,(H2,24,25,28). The number of amides is 3. The second kappa shape index (κ2) is 7.78. The van der Waals surface area contributed by atoms with E-state index >= 15 is 0 Å². The maximum absolute atomic E-state index is 12.6. The molecule has 0 atom stereocenters. The topological polar surface area (TPSA) is 70.7 Å². The normalized spacial score (nSPS) is 17.2. The number of nitrogens with zero attached hydrogens (tertiary/aromatic N) is 1. The highest BCUT2D eigenvalue weighted by Gasteiger charge is 2.54. The third kappa shape index (κ3) is 4.06. The second-order valence-corrected chi connectivity index (χ2v) is 8.26. The van der Waals surface area contributed by atoms with Gasteiger partial charge < -0.3 is 20.3 Å². The van der Waals surface area contributed by atoms with Crippen LogP contribution >= 0.6 is 0 Å². The van der Waals surface area contributed by atoms with Crippen LogP contribution in [0.2, 0.25) is 0 Å². The van der Waals surface area contributed by atoms with E-state index in [0.717, 1.165) is 48.4 Å². The van der Waals surface area contributed by atoms with Crippen molar-refractivity contribution in [2.75, 3.05) is 20.2 Å². The van der Waals surface area contributed by atoms with Crippen LogP contribution in [-0.2, 0) is 6.54 Å². The molecule has 2 N–H and O–H groups in total. The quantitative estimate of drug-likeness (QED) is 0.820. The fraction of sp³-hybridized carbons (Fsp3) is 0.391. The summed E-state index contributed by atoms with van der Waals surface area (Å²) >= 11 is 0. The van der Waals surface area contributed by atoms with Crippen LogP contribution < -0.4 is 15.4 Å². The van der Waals surface area contributed by atoms with Crippen LogP contribution in [0.5, 0.6) is 5.75 Å². The largest absolute Gasteiger partial charge is 0.497 e. The third-order valence-electron chi connectivity index (χ3n) is 6.02. The van der Waals surface area contributed by atoms with E-state index < -0.39 is 0 Å². The van der Waals surface area contributed by atoms with Gasteiger partial charge in [0.1, 0.15) is 5.75 Å². The molecule has 1 saturated heterocycles. The molecule has 0 unspecified atom stereocenters. The molecule has 6 heteroatoms. The number of hydrogen-bond acceptors (Lipinski definition) is 3. The van der Waals surface area contributed by atoms with Gasteiger partial charge in [-0.15, -0.1) is 0 Å². The fourth-order valence-electron chi connectivity index (χ4n) is 4.40. The molecule has 1 aliphatic heterocycles. The zero-order valence-electron chi connectivity index (χ0n) is 16.9. The molecule has 2 aliphatic rings. The molecule has 4 rings (SSSR count).